The average Bonchev–Trinajstić information content (AvgIpc) is 3.03. The first kappa shape index (κ1) is 22.4. The number of carbonyl (C=O) groups is 2. The first-order chi connectivity index (χ1) is 14.9. The van der Waals surface area contributed by atoms with Crippen molar-refractivity contribution in [3.05, 3.63) is 59.3 Å². The zero-order valence-corrected chi connectivity index (χ0v) is 18.5. The number of H-pyrrole nitrogens is 1. The van der Waals surface area contributed by atoms with Crippen LogP contribution in [-0.2, 0) is 22.4 Å². The molecule has 0 aliphatic rings. The number of likely N-dealkylation sites (N-methyl/N-ethyl adjacent to an activating group) is 1. The normalized spacial score (nSPS) is 11.0. The van der Waals surface area contributed by atoms with E-state index in [0.717, 1.165) is 40.0 Å². The Morgan fingerprint density at radius 1 is 1.03 bits per heavy atom. The van der Waals surface area contributed by atoms with Crippen molar-refractivity contribution in [1.82, 2.24) is 15.2 Å². The molecule has 0 saturated heterocycles. The van der Waals surface area contributed by atoms with Gasteiger partial charge in [0, 0.05) is 35.4 Å². The van der Waals surface area contributed by atoms with E-state index in [9.17, 15) is 9.59 Å². The van der Waals surface area contributed by atoms with E-state index in [1.54, 1.807) is 7.11 Å². The van der Waals surface area contributed by atoms with Crippen LogP contribution in [0, 0.1) is 6.92 Å². The summed E-state index contributed by atoms with van der Waals surface area (Å²) in [6.45, 7) is 3.39. The van der Waals surface area contributed by atoms with Gasteiger partial charge in [0.15, 0.2) is 0 Å². The molecule has 0 saturated carbocycles. The molecular formula is C24H30N4O3. The van der Waals surface area contributed by atoms with Crippen molar-refractivity contribution in [3.8, 4) is 5.75 Å². The molecule has 31 heavy (non-hydrogen) atoms. The summed E-state index contributed by atoms with van der Waals surface area (Å²) in [6.07, 6.45) is 0.576. The number of nitrogens with zero attached hydrogens (tertiary/aromatic N) is 1. The fourth-order valence-corrected chi connectivity index (χ4v) is 3.45. The van der Waals surface area contributed by atoms with Crippen LogP contribution in [-0.4, -0.2) is 56.0 Å². The van der Waals surface area contributed by atoms with Crippen LogP contribution in [0.2, 0.25) is 0 Å². The molecule has 7 nitrogen and oxygen atoms in total. The first-order valence-electron chi connectivity index (χ1n) is 10.3. The lowest BCUT2D eigenvalue weighted by atomic mass is 10.1. The molecule has 0 fully saturated rings. The zero-order chi connectivity index (χ0) is 22.4. The Morgan fingerprint density at radius 3 is 2.45 bits per heavy atom. The second-order valence-electron chi connectivity index (χ2n) is 7.89. The number of nitrogens with one attached hydrogen (secondary N) is 3. The molecule has 0 bridgehead atoms. The number of amides is 2. The summed E-state index contributed by atoms with van der Waals surface area (Å²) in [7, 11) is 5.57. The van der Waals surface area contributed by atoms with Gasteiger partial charge in [-0.25, -0.2) is 0 Å². The van der Waals surface area contributed by atoms with E-state index in [0.29, 0.717) is 18.7 Å². The first-order valence-corrected chi connectivity index (χ1v) is 10.3. The molecule has 1 heterocycles. The lowest BCUT2D eigenvalue weighted by Crippen LogP contribution is -2.32. The van der Waals surface area contributed by atoms with Gasteiger partial charge in [-0.05, 0) is 62.5 Å². The zero-order valence-electron chi connectivity index (χ0n) is 18.5. The quantitative estimate of drug-likeness (QED) is 0.495. The van der Waals surface area contributed by atoms with Crippen molar-refractivity contribution in [2.75, 3.05) is 39.6 Å². The van der Waals surface area contributed by atoms with Crippen molar-refractivity contribution in [3.63, 3.8) is 0 Å². The Morgan fingerprint density at radius 2 is 1.77 bits per heavy atom. The molecule has 1 aromatic heterocycles. The molecule has 2 aromatic carbocycles. The minimum absolute atomic E-state index is 0.0103. The molecule has 7 heteroatoms. The van der Waals surface area contributed by atoms with Gasteiger partial charge in [-0.3, -0.25) is 9.59 Å². The van der Waals surface area contributed by atoms with Crippen LogP contribution in [0.1, 0.15) is 16.8 Å². The van der Waals surface area contributed by atoms with Gasteiger partial charge in [0.1, 0.15) is 5.75 Å². The molecule has 2 amide bonds. The summed E-state index contributed by atoms with van der Waals surface area (Å²) in [6, 6.07) is 13.2. The van der Waals surface area contributed by atoms with Crippen molar-refractivity contribution >= 4 is 28.4 Å². The van der Waals surface area contributed by atoms with Crippen LogP contribution in [0.4, 0.5) is 5.69 Å². The molecule has 0 unspecified atom stereocenters. The molecule has 3 N–H and O–H groups in total. The number of aryl methyl sites for hydroxylation is 1. The molecule has 0 radical (unpaired) electrons. The Labute approximate surface area is 182 Å². The molecule has 0 spiro atoms. The van der Waals surface area contributed by atoms with Crippen molar-refractivity contribution in [1.29, 1.82) is 0 Å². The fraction of sp³-hybridized carbons (Fsp3) is 0.333. The number of carbonyl (C=O) groups excluding carboxylic acids is 2. The van der Waals surface area contributed by atoms with Gasteiger partial charge < -0.3 is 25.3 Å². The number of anilines is 1. The molecule has 0 aliphatic carbocycles. The number of aromatic nitrogens is 1. The number of benzene rings is 2. The standard InChI is InChI=1S/C24H30N4O3/c1-16-20(21-14-19(31-4)9-10-22(21)26-16)15-24(30)27-18-7-5-17(6-8-18)13-23(29)25-11-12-28(2)3/h5-10,14,26H,11-13,15H2,1-4H3,(H,25,29)(H,27,30). The van der Waals surface area contributed by atoms with Crippen LogP contribution in [0.25, 0.3) is 10.9 Å². The summed E-state index contributed by atoms with van der Waals surface area (Å²) in [4.78, 5) is 30.0. The third-order valence-electron chi connectivity index (χ3n) is 5.15. The highest BCUT2D eigenvalue weighted by Gasteiger charge is 2.14. The Bertz CT molecular complexity index is 1050. The number of ether oxygens (including phenoxy) is 1. The Hall–Kier alpha value is -3.32. The predicted octanol–water partition coefficient (Wildman–Crippen LogP) is 2.89. The minimum Gasteiger partial charge on any atom is -0.497 e. The second-order valence-corrected chi connectivity index (χ2v) is 7.89. The topological polar surface area (TPSA) is 86.5 Å². The monoisotopic (exact) mass is 422 g/mol. The average molecular weight is 423 g/mol. The van der Waals surface area contributed by atoms with E-state index in [-0.39, 0.29) is 18.2 Å². The number of hydrogen-bond acceptors (Lipinski definition) is 4. The van der Waals surface area contributed by atoms with Gasteiger partial charge >= 0.3 is 0 Å². The number of rotatable bonds is 9. The minimum atomic E-state index is -0.0963. The summed E-state index contributed by atoms with van der Waals surface area (Å²) >= 11 is 0. The highest BCUT2D eigenvalue weighted by Crippen LogP contribution is 2.27. The maximum atomic E-state index is 12.6. The Kier molecular flexibility index (Phi) is 7.31. The van der Waals surface area contributed by atoms with E-state index in [1.165, 1.54) is 0 Å². The van der Waals surface area contributed by atoms with Gasteiger partial charge in [-0.15, -0.1) is 0 Å². The van der Waals surface area contributed by atoms with Crippen molar-refractivity contribution in [2.24, 2.45) is 0 Å². The third-order valence-corrected chi connectivity index (χ3v) is 5.15. The second kappa shape index (κ2) is 10.1. The smallest absolute Gasteiger partial charge is 0.228 e. The van der Waals surface area contributed by atoms with Crippen LogP contribution in [0.15, 0.2) is 42.5 Å². The fourth-order valence-electron chi connectivity index (χ4n) is 3.45. The van der Waals surface area contributed by atoms with Gasteiger partial charge in [-0.2, -0.15) is 0 Å². The maximum Gasteiger partial charge on any atom is 0.228 e. The SMILES string of the molecule is COc1ccc2[nH]c(C)c(CC(=O)Nc3ccc(CC(=O)NCCN(C)C)cc3)c2c1. The van der Waals surface area contributed by atoms with Gasteiger partial charge in [0.05, 0.1) is 20.0 Å². The van der Waals surface area contributed by atoms with Gasteiger partial charge in [0.2, 0.25) is 11.8 Å². The highest BCUT2D eigenvalue weighted by molar-refractivity contribution is 5.96. The molecule has 0 aliphatic heterocycles. The van der Waals surface area contributed by atoms with E-state index < -0.39 is 0 Å². The third kappa shape index (κ3) is 6.08. The van der Waals surface area contributed by atoms with Crippen LogP contribution in [0.5, 0.6) is 5.75 Å². The highest BCUT2D eigenvalue weighted by atomic mass is 16.5. The van der Waals surface area contributed by atoms with Crippen LogP contribution >= 0.6 is 0 Å². The lowest BCUT2D eigenvalue weighted by molar-refractivity contribution is -0.120. The van der Waals surface area contributed by atoms with E-state index in [2.05, 4.69) is 15.6 Å². The lowest BCUT2D eigenvalue weighted by Gasteiger charge is -2.11. The Balaban J connectivity index is 1.58. The van der Waals surface area contributed by atoms with E-state index in [4.69, 9.17) is 4.74 Å². The summed E-state index contributed by atoms with van der Waals surface area (Å²) < 4.78 is 5.31. The summed E-state index contributed by atoms with van der Waals surface area (Å²) in [5.74, 6) is 0.652. The van der Waals surface area contributed by atoms with Gasteiger partial charge in [0.25, 0.3) is 0 Å². The number of hydrogen-bond donors (Lipinski definition) is 3. The van der Waals surface area contributed by atoms with Crippen LogP contribution in [0.3, 0.4) is 0 Å². The maximum absolute atomic E-state index is 12.6. The van der Waals surface area contributed by atoms with Crippen molar-refractivity contribution in [2.45, 2.75) is 19.8 Å². The largest absolute Gasteiger partial charge is 0.497 e. The predicted molar refractivity (Wildman–Crippen MR) is 124 cm³/mol. The number of methoxy groups -OCH3 is 1. The molecule has 3 rings (SSSR count). The van der Waals surface area contributed by atoms with Gasteiger partial charge in [-0.1, -0.05) is 12.1 Å². The molecule has 164 valence electrons. The van der Waals surface area contributed by atoms with Crippen LogP contribution < -0.4 is 15.4 Å². The summed E-state index contributed by atoms with van der Waals surface area (Å²) in [5.41, 5.74) is 4.51. The number of fused-ring (bicyclic) bond motifs is 1. The van der Waals surface area contributed by atoms with Crippen molar-refractivity contribution < 1.29 is 14.3 Å². The summed E-state index contributed by atoms with van der Waals surface area (Å²) in [5, 5.41) is 6.83. The molecule has 3 aromatic rings. The van der Waals surface area contributed by atoms with E-state index in [1.807, 2.05) is 68.4 Å². The molecule has 0 atom stereocenters. The van der Waals surface area contributed by atoms with E-state index >= 15 is 0 Å². The molecular weight excluding hydrogens is 392 g/mol. The number of aromatic amines is 1.